The van der Waals surface area contributed by atoms with Gasteiger partial charge in [-0.3, -0.25) is 13.9 Å². The van der Waals surface area contributed by atoms with Gasteiger partial charge in [0.25, 0.3) is 0 Å². The van der Waals surface area contributed by atoms with E-state index in [4.69, 9.17) is 46.4 Å². The topological polar surface area (TPSA) is 86.8 Å². The van der Waals surface area contributed by atoms with Crippen LogP contribution in [-0.4, -0.2) is 50.0 Å². The Kier molecular flexibility index (Phi) is 9.91. The van der Waals surface area contributed by atoms with E-state index in [1.165, 1.54) is 17.0 Å². The average Bonchev–Trinajstić information content (AvgIpc) is 2.72. The summed E-state index contributed by atoms with van der Waals surface area (Å²) in [5.41, 5.74) is 0.707. The molecule has 1 atom stereocenters. The lowest BCUT2D eigenvalue weighted by Gasteiger charge is -2.32. The first-order valence-corrected chi connectivity index (χ1v) is 13.5. The molecule has 1 N–H and O–H groups in total. The van der Waals surface area contributed by atoms with Crippen molar-refractivity contribution in [2.75, 3.05) is 17.1 Å². The molecule has 0 aliphatic carbocycles. The van der Waals surface area contributed by atoms with E-state index in [1.807, 2.05) is 0 Å². The standard InChI is InChI=1S/C22H25Cl4N3O4S/c1-13(2)27-22(31)14(3)28(11-15-5-7-16(23)8-6-15)21(30)12-29(34(4,32)33)20-10-18(25)17(24)9-19(20)26/h5-10,13-14H,11-12H2,1-4H3,(H,27,31)/t14-/m1/s1. The lowest BCUT2D eigenvalue weighted by molar-refractivity contribution is -0.139. The van der Waals surface area contributed by atoms with Gasteiger partial charge in [-0.25, -0.2) is 8.42 Å². The van der Waals surface area contributed by atoms with Crippen LogP contribution in [0.4, 0.5) is 5.69 Å². The monoisotopic (exact) mass is 567 g/mol. The summed E-state index contributed by atoms with van der Waals surface area (Å²) in [5, 5.41) is 3.50. The smallest absolute Gasteiger partial charge is 0.244 e. The van der Waals surface area contributed by atoms with E-state index in [0.29, 0.717) is 10.6 Å². The van der Waals surface area contributed by atoms with Gasteiger partial charge < -0.3 is 10.2 Å². The Hall–Kier alpha value is -1.71. The van der Waals surface area contributed by atoms with Crippen LogP contribution in [0.25, 0.3) is 0 Å². The molecule has 7 nitrogen and oxygen atoms in total. The predicted molar refractivity (Wildman–Crippen MR) is 138 cm³/mol. The molecular weight excluding hydrogens is 544 g/mol. The first kappa shape index (κ1) is 28.5. The number of rotatable bonds is 9. The molecule has 0 unspecified atom stereocenters. The highest BCUT2D eigenvalue weighted by Crippen LogP contribution is 2.35. The SMILES string of the molecule is CC(C)NC(=O)[C@@H](C)N(Cc1ccc(Cl)cc1)C(=O)CN(c1cc(Cl)c(Cl)cc1Cl)S(C)(=O)=O. The summed E-state index contributed by atoms with van der Waals surface area (Å²) in [5.74, 6) is -0.996. The molecule has 0 heterocycles. The molecule has 2 amide bonds. The van der Waals surface area contributed by atoms with E-state index in [9.17, 15) is 18.0 Å². The summed E-state index contributed by atoms with van der Waals surface area (Å²) in [6.45, 7) is 4.61. The molecular formula is C22H25Cl4N3O4S. The molecule has 186 valence electrons. The molecule has 2 aromatic rings. The van der Waals surface area contributed by atoms with Gasteiger partial charge in [0.15, 0.2) is 0 Å². The number of sulfonamides is 1. The summed E-state index contributed by atoms with van der Waals surface area (Å²) in [6.07, 6.45) is 0.942. The van der Waals surface area contributed by atoms with Crippen LogP contribution in [0.2, 0.25) is 20.1 Å². The normalized spacial score (nSPS) is 12.4. The molecule has 2 aromatic carbocycles. The van der Waals surface area contributed by atoms with Crippen molar-refractivity contribution in [2.45, 2.75) is 39.4 Å². The highest BCUT2D eigenvalue weighted by atomic mass is 35.5. The summed E-state index contributed by atoms with van der Waals surface area (Å²) in [7, 11) is -3.96. The van der Waals surface area contributed by atoms with E-state index < -0.39 is 28.5 Å². The Balaban J connectivity index is 2.45. The number of hydrogen-bond donors (Lipinski definition) is 1. The fraction of sp³-hybridized carbons (Fsp3) is 0.364. The van der Waals surface area contributed by atoms with Gasteiger partial charge in [0.05, 0.1) is 27.0 Å². The zero-order valence-electron chi connectivity index (χ0n) is 19.0. The van der Waals surface area contributed by atoms with Crippen molar-refractivity contribution < 1.29 is 18.0 Å². The number of halogens is 4. The van der Waals surface area contributed by atoms with E-state index in [2.05, 4.69) is 5.32 Å². The van der Waals surface area contributed by atoms with Crippen molar-refractivity contribution in [3.05, 3.63) is 62.1 Å². The predicted octanol–water partition coefficient (Wildman–Crippen LogP) is 5.01. The number of benzene rings is 2. The number of nitrogens with one attached hydrogen (secondary N) is 1. The van der Waals surface area contributed by atoms with Gasteiger partial charge in [0.1, 0.15) is 12.6 Å². The fourth-order valence-corrected chi connectivity index (χ4v) is 4.74. The average molecular weight is 569 g/mol. The molecule has 34 heavy (non-hydrogen) atoms. The number of amides is 2. The molecule has 0 radical (unpaired) electrons. The summed E-state index contributed by atoms with van der Waals surface area (Å²) in [6, 6.07) is 8.31. The number of hydrogen-bond acceptors (Lipinski definition) is 4. The molecule has 0 spiro atoms. The van der Waals surface area contributed by atoms with Crippen LogP contribution in [0.15, 0.2) is 36.4 Å². The second-order valence-electron chi connectivity index (χ2n) is 7.97. The second-order valence-corrected chi connectivity index (χ2v) is 11.5. The van der Waals surface area contributed by atoms with Crippen molar-refractivity contribution in [2.24, 2.45) is 0 Å². The van der Waals surface area contributed by atoms with Crippen LogP contribution < -0.4 is 9.62 Å². The van der Waals surface area contributed by atoms with Crippen LogP contribution in [0.3, 0.4) is 0 Å². The van der Waals surface area contributed by atoms with Gasteiger partial charge in [0.2, 0.25) is 21.8 Å². The maximum Gasteiger partial charge on any atom is 0.244 e. The third-order valence-electron chi connectivity index (χ3n) is 4.80. The van der Waals surface area contributed by atoms with Crippen molar-refractivity contribution in [1.29, 1.82) is 0 Å². The largest absolute Gasteiger partial charge is 0.352 e. The van der Waals surface area contributed by atoms with Gasteiger partial charge in [-0.1, -0.05) is 58.5 Å². The van der Waals surface area contributed by atoms with E-state index in [1.54, 1.807) is 45.0 Å². The van der Waals surface area contributed by atoms with E-state index >= 15 is 0 Å². The van der Waals surface area contributed by atoms with Crippen molar-refractivity contribution in [1.82, 2.24) is 10.2 Å². The molecule has 2 rings (SSSR count). The van der Waals surface area contributed by atoms with Crippen molar-refractivity contribution in [3.63, 3.8) is 0 Å². The second kappa shape index (κ2) is 11.8. The molecule has 0 aromatic heterocycles. The Labute approximate surface area is 220 Å². The molecule has 12 heteroatoms. The minimum atomic E-state index is -3.96. The fourth-order valence-electron chi connectivity index (χ4n) is 3.07. The zero-order valence-corrected chi connectivity index (χ0v) is 22.8. The highest BCUT2D eigenvalue weighted by Gasteiger charge is 2.31. The van der Waals surface area contributed by atoms with Crippen LogP contribution in [0.5, 0.6) is 0 Å². The molecule has 0 aliphatic heterocycles. The van der Waals surface area contributed by atoms with Gasteiger partial charge in [-0.2, -0.15) is 0 Å². The molecule has 0 saturated carbocycles. The first-order valence-electron chi connectivity index (χ1n) is 10.2. The van der Waals surface area contributed by atoms with Gasteiger partial charge >= 0.3 is 0 Å². The number of anilines is 1. The maximum absolute atomic E-state index is 13.5. The van der Waals surface area contributed by atoms with Crippen LogP contribution >= 0.6 is 46.4 Å². The Morgan fingerprint density at radius 1 is 0.941 bits per heavy atom. The third kappa shape index (κ3) is 7.65. The zero-order chi connectivity index (χ0) is 25.8. The number of carbonyl (C=O) groups is 2. The number of carbonyl (C=O) groups excluding carboxylic acids is 2. The van der Waals surface area contributed by atoms with E-state index in [-0.39, 0.29) is 39.2 Å². The Morgan fingerprint density at radius 3 is 2.03 bits per heavy atom. The van der Waals surface area contributed by atoms with Gasteiger partial charge in [0, 0.05) is 17.6 Å². The molecule has 0 bridgehead atoms. The summed E-state index contributed by atoms with van der Waals surface area (Å²) in [4.78, 5) is 27.5. The third-order valence-corrected chi connectivity index (χ3v) is 7.21. The molecule has 0 aliphatic rings. The van der Waals surface area contributed by atoms with Crippen LogP contribution in [0.1, 0.15) is 26.3 Å². The molecule has 0 fully saturated rings. The van der Waals surface area contributed by atoms with Crippen LogP contribution in [-0.2, 0) is 26.2 Å². The van der Waals surface area contributed by atoms with Crippen molar-refractivity contribution >= 4 is 73.9 Å². The lowest BCUT2D eigenvalue weighted by Crippen LogP contribution is -2.52. The minimum Gasteiger partial charge on any atom is -0.352 e. The molecule has 0 saturated heterocycles. The Bertz CT molecular complexity index is 1160. The summed E-state index contributed by atoms with van der Waals surface area (Å²) < 4.78 is 26.1. The van der Waals surface area contributed by atoms with Crippen molar-refractivity contribution in [3.8, 4) is 0 Å². The Morgan fingerprint density at radius 2 is 1.50 bits per heavy atom. The quantitative estimate of drug-likeness (QED) is 0.431. The van der Waals surface area contributed by atoms with E-state index in [0.717, 1.165) is 10.6 Å². The highest BCUT2D eigenvalue weighted by molar-refractivity contribution is 7.92. The lowest BCUT2D eigenvalue weighted by atomic mass is 10.1. The van der Waals surface area contributed by atoms with Gasteiger partial charge in [-0.15, -0.1) is 0 Å². The minimum absolute atomic E-state index is 0.00218. The van der Waals surface area contributed by atoms with Gasteiger partial charge in [-0.05, 0) is 50.6 Å². The summed E-state index contributed by atoms with van der Waals surface area (Å²) >= 11 is 24.2. The van der Waals surface area contributed by atoms with Crippen LogP contribution in [0, 0.1) is 0 Å². The number of nitrogens with zero attached hydrogens (tertiary/aromatic N) is 2. The maximum atomic E-state index is 13.5. The first-order chi connectivity index (χ1) is 15.7.